The van der Waals surface area contributed by atoms with Crippen molar-refractivity contribution in [2.24, 2.45) is 11.8 Å². The van der Waals surface area contributed by atoms with Gasteiger partial charge in [0.2, 0.25) is 5.88 Å². The highest BCUT2D eigenvalue weighted by Crippen LogP contribution is 2.36. The lowest BCUT2D eigenvalue weighted by Gasteiger charge is -2.22. The first-order valence-corrected chi connectivity index (χ1v) is 12.9. The maximum absolute atomic E-state index is 13.5. The van der Waals surface area contributed by atoms with Crippen molar-refractivity contribution in [1.29, 1.82) is 10.8 Å². The number of halogens is 2. The lowest BCUT2D eigenvalue weighted by atomic mass is 10.00. The van der Waals surface area contributed by atoms with Crippen LogP contribution in [0.1, 0.15) is 48.2 Å². The number of pyridine rings is 2. The van der Waals surface area contributed by atoms with Gasteiger partial charge in [-0.15, -0.1) is 0 Å². The second-order valence-electron chi connectivity index (χ2n) is 8.80. The molecule has 0 spiro atoms. The van der Waals surface area contributed by atoms with E-state index in [2.05, 4.69) is 27.1 Å². The fourth-order valence-electron chi connectivity index (χ4n) is 3.71. The predicted octanol–water partition coefficient (Wildman–Crippen LogP) is 4.68. The molecule has 1 aliphatic carbocycles. The molecule has 1 saturated heterocycles. The summed E-state index contributed by atoms with van der Waals surface area (Å²) in [6.07, 6.45) is 3.31. The third-order valence-corrected chi connectivity index (χ3v) is 6.56. The average molecular weight is 544 g/mol. The molecule has 2 aliphatic rings. The zero-order chi connectivity index (χ0) is 27.1. The SMILES string of the molecule is COc1cnc(C(F)F)cc1-c1cc(OCC2CCOCC2)ncc1C(=O)NC(=N)SC(=N)C#CC1CC1. The van der Waals surface area contributed by atoms with Crippen molar-refractivity contribution >= 4 is 27.9 Å². The van der Waals surface area contributed by atoms with Gasteiger partial charge < -0.3 is 19.5 Å². The van der Waals surface area contributed by atoms with Crippen molar-refractivity contribution < 1.29 is 27.8 Å². The predicted molar refractivity (Wildman–Crippen MR) is 139 cm³/mol. The van der Waals surface area contributed by atoms with Gasteiger partial charge >= 0.3 is 0 Å². The van der Waals surface area contributed by atoms with E-state index in [1.165, 1.54) is 25.6 Å². The Bertz CT molecular complexity index is 1270. The maximum atomic E-state index is 13.5. The van der Waals surface area contributed by atoms with Crippen molar-refractivity contribution in [3.63, 3.8) is 0 Å². The zero-order valence-corrected chi connectivity index (χ0v) is 21.5. The van der Waals surface area contributed by atoms with Crippen molar-refractivity contribution in [1.82, 2.24) is 15.3 Å². The van der Waals surface area contributed by atoms with Crippen LogP contribution in [0.4, 0.5) is 8.78 Å². The van der Waals surface area contributed by atoms with Crippen LogP contribution in [-0.2, 0) is 4.74 Å². The molecular formula is C26H27F2N5O4S. The summed E-state index contributed by atoms with van der Waals surface area (Å²) in [5.74, 6) is 5.87. The maximum Gasteiger partial charge on any atom is 0.280 e. The molecule has 0 radical (unpaired) electrons. The number of aromatic nitrogens is 2. The minimum atomic E-state index is -2.84. The van der Waals surface area contributed by atoms with Crippen LogP contribution >= 0.6 is 11.8 Å². The van der Waals surface area contributed by atoms with Gasteiger partial charge in [-0.05, 0) is 55.3 Å². The third-order valence-electron chi connectivity index (χ3n) is 5.95. The first kappa shape index (κ1) is 27.5. The van der Waals surface area contributed by atoms with E-state index in [1.807, 2.05) is 0 Å². The second-order valence-corrected chi connectivity index (χ2v) is 9.82. The Morgan fingerprint density at radius 3 is 2.63 bits per heavy atom. The smallest absolute Gasteiger partial charge is 0.280 e. The van der Waals surface area contributed by atoms with Gasteiger partial charge in [0.15, 0.2) is 5.17 Å². The minimum Gasteiger partial charge on any atom is -0.494 e. The Kier molecular flexibility index (Phi) is 9.25. The molecule has 38 heavy (non-hydrogen) atoms. The van der Waals surface area contributed by atoms with Gasteiger partial charge in [-0.1, -0.05) is 5.92 Å². The minimum absolute atomic E-state index is 0.00841. The fourth-order valence-corrected chi connectivity index (χ4v) is 4.16. The number of methoxy groups -OCH3 is 1. The van der Waals surface area contributed by atoms with Gasteiger partial charge in [0, 0.05) is 42.5 Å². The molecule has 2 fully saturated rings. The molecule has 3 N–H and O–H groups in total. The monoisotopic (exact) mass is 543 g/mol. The molecule has 12 heteroatoms. The van der Waals surface area contributed by atoms with Gasteiger partial charge in [0.1, 0.15) is 16.5 Å². The molecule has 9 nitrogen and oxygen atoms in total. The summed E-state index contributed by atoms with van der Waals surface area (Å²) in [4.78, 5) is 21.2. The first-order valence-electron chi connectivity index (χ1n) is 12.0. The number of hydrogen-bond donors (Lipinski definition) is 3. The Morgan fingerprint density at radius 2 is 1.95 bits per heavy atom. The number of amides is 1. The summed E-state index contributed by atoms with van der Waals surface area (Å²) in [7, 11) is 1.37. The lowest BCUT2D eigenvalue weighted by Crippen LogP contribution is -2.29. The first-order chi connectivity index (χ1) is 18.3. The van der Waals surface area contributed by atoms with Crippen LogP contribution in [0.25, 0.3) is 11.1 Å². The number of alkyl halides is 2. The molecule has 2 aromatic rings. The van der Waals surface area contributed by atoms with Crippen LogP contribution in [0.2, 0.25) is 0 Å². The Balaban J connectivity index is 1.60. The Hall–Kier alpha value is -3.56. The number of thioether (sulfide) groups is 1. The summed E-state index contributed by atoms with van der Waals surface area (Å²) in [6, 6.07) is 2.64. The number of carbonyl (C=O) groups is 1. The van der Waals surface area contributed by atoms with Gasteiger partial charge in [-0.3, -0.25) is 20.6 Å². The molecule has 2 aromatic heterocycles. The average Bonchev–Trinajstić information content (AvgIpc) is 3.75. The zero-order valence-electron chi connectivity index (χ0n) is 20.7. The van der Waals surface area contributed by atoms with E-state index in [1.54, 1.807) is 0 Å². The standard InChI is InChI=1S/C26H27F2N5O4S/c1-35-21-13-31-20(24(27)28)10-18(21)17-11-23(37-14-16-6-8-36-9-7-16)32-12-19(17)25(34)33-26(30)38-22(29)5-4-15-2-3-15/h10-13,15-16,24,29H,2-3,6-9,14H2,1H3,(H2,30,33,34). The van der Waals surface area contributed by atoms with Crippen LogP contribution in [-0.4, -0.2) is 53.0 Å². The summed E-state index contributed by atoms with van der Waals surface area (Å²) in [6.45, 7) is 1.70. The van der Waals surface area contributed by atoms with Crippen molar-refractivity contribution in [3.05, 3.63) is 35.8 Å². The summed E-state index contributed by atoms with van der Waals surface area (Å²) in [5, 5.41) is 18.1. The molecule has 4 rings (SSSR count). The van der Waals surface area contributed by atoms with Gasteiger partial charge in [-0.2, -0.15) is 0 Å². The molecule has 0 atom stereocenters. The largest absolute Gasteiger partial charge is 0.494 e. The number of ether oxygens (including phenoxy) is 3. The number of carbonyl (C=O) groups excluding carboxylic acids is 1. The number of amidine groups is 1. The highest BCUT2D eigenvalue weighted by molar-refractivity contribution is 8.26. The Labute approximate surface area is 223 Å². The summed E-state index contributed by atoms with van der Waals surface area (Å²) >= 11 is 0.707. The van der Waals surface area contributed by atoms with E-state index in [9.17, 15) is 13.6 Å². The van der Waals surface area contributed by atoms with E-state index < -0.39 is 18.0 Å². The fraction of sp³-hybridized carbons (Fsp3) is 0.423. The molecule has 3 heterocycles. The third kappa shape index (κ3) is 7.49. The molecule has 0 aromatic carbocycles. The number of rotatable bonds is 7. The van der Waals surface area contributed by atoms with Crippen molar-refractivity contribution in [3.8, 4) is 34.6 Å². The van der Waals surface area contributed by atoms with Crippen molar-refractivity contribution in [2.45, 2.75) is 32.1 Å². The van der Waals surface area contributed by atoms with Gasteiger partial charge in [0.25, 0.3) is 12.3 Å². The molecule has 0 bridgehead atoms. The molecule has 1 aliphatic heterocycles. The van der Waals surface area contributed by atoms with Crippen LogP contribution in [0, 0.1) is 34.5 Å². The number of hydrogen-bond acceptors (Lipinski definition) is 9. The van der Waals surface area contributed by atoms with Crippen LogP contribution < -0.4 is 14.8 Å². The molecule has 200 valence electrons. The molecule has 0 unspecified atom stereocenters. The van der Waals surface area contributed by atoms with E-state index >= 15 is 0 Å². The summed E-state index contributed by atoms with van der Waals surface area (Å²) in [5.41, 5.74) is -0.0563. The molecule has 1 saturated carbocycles. The highest BCUT2D eigenvalue weighted by Gasteiger charge is 2.23. The van der Waals surface area contributed by atoms with E-state index in [0.29, 0.717) is 37.5 Å². The van der Waals surface area contributed by atoms with Crippen LogP contribution in [0.15, 0.2) is 24.5 Å². The van der Waals surface area contributed by atoms with Crippen LogP contribution in [0.3, 0.4) is 0 Å². The van der Waals surface area contributed by atoms with Gasteiger partial charge in [0.05, 0.1) is 25.5 Å². The number of nitrogens with one attached hydrogen (secondary N) is 3. The quantitative estimate of drug-likeness (QED) is 0.263. The normalized spacial score (nSPS) is 15.4. The van der Waals surface area contributed by atoms with E-state index in [-0.39, 0.29) is 44.4 Å². The lowest BCUT2D eigenvalue weighted by molar-refractivity contribution is 0.0490. The van der Waals surface area contributed by atoms with E-state index in [0.717, 1.165) is 31.7 Å². The second kappa shape index (κ2) is 12.8. The Morgan fingerprint density at radius 1 is 1.18 bits per heavy atom. The van der Waals surface area contributed by atoms with E-state index in [4.69, 9.17) is 25.0 Å². The van der Waals surface area contributed by atoms with Crippen LogP contribution in [0.5, 0.6) is 11.6 Å². The molecule has 1 amide bonds. The summed E-state index contributed by atoms with van der Waals surface area (Å²) < 4.78 is 43.6. The van der Waals surface area contributed by atoms with Crippen molar-refractivity contribution in [2.75, 3.05) is 26.9 Å². The van der Waals surface area contributed by atoms with Gasteiger partial charge in [-0.25, -0.2) is 13.8 Å². The number of nitrogens with zero attached hydrogens (tertiary/aromatic N) is 2. The molecular weight excluding hydrogens is 516 g/mol. The highest BCUT2D eigenvalue weighted by atomic mass is 32.2. The topological polar surface area (TPSA) is 130 Å².